The second-order valence-electron chi connectivity index (χ2n) is 3.90. The first-order valence-corrected chi connectivity index (χ1v) is 4.62. The fourth-order valence-electron chi connectivity index (χ4n) is 1.61. The minimum atomic E-state index is -1.98. The highest BCUT2D eigenvalue weighted by atomic mass is 19.1. The molecule has 0 aromatic carbocycles. The lowest BCUT2D eigenvalue weighted by molar-refractivity contribution is -0.154. The van der Waals surface area contributed by atoms with E-state index in [0.29, 0.717) is 19.1 Å². The molecule has 0 spiro atoms. The number of hydrogen-bond donors (Lipinski definition) is 1. The van der Waals surface area contributed by atoms with E-state index in [1.165, 1.54) is 0 Å². The molecule has 0 amide bonds. The van der Waals surface area contributed by atoms with E-state index in [1.54, 1.807) is 0 Å². The summed E-state index contributed by atoms with van der Waals surface area (Å²) in [6.07, 6.45) is 0.223. The largest absolute Gasteiger partial charge is 0.479 e. The Hall–Kier alpha value is -0.640. The van der Waals surface area contributed by atoms with Crippen molar-refractivity contribution in [2.45, 2.75) is 38.4 Å². The van der Waals surface area contributed by atoms with Crippen LogP contribution < -0.4 is 0 Å². The zero-order valence-electron chi connectivity index (χ0n) is 8.09. The van der Waals surface area contributed by atoms with E-state index in [1.807, 2.05) is 13.8 Å². The number of piperidine rings is 1. The molecule has 76 valence electrons. The lowest BCUT2D eigenvalue weighted by atomic mass is 9.93. The summed E-state index contributed by atoms with van der Waals surface area (Å²) in [6.45, 7) is 5.15. The minimum Gasteiger partial charge on any atom is -0.479 e. The number of alkyl halides is 1. The van der Waals surface area contributed by atoms with Crippen LogP contribution in [0.2, 0.25) is 0 Å². The summed E-state index contributed by atoms with van der Waals surface area (Å²) in [6, 6.07) is 0.373. The van der Waals surface area contributed by atoms with Gasteiger partial charge in [0.05, 0.1) is 0 Å². The molecule has 0 radical (unpaired) electrons. The molecule has 0 unspecified atom stereocenters. The molecule has 0 aromatic rings. The van der Waals surface area contributed by atoms with Crippen molar-refractivity contribution in [2.24, 2.45) is 0 Å². The fourth-order valence-corrected chi connectivity index (χ4v) is 1.61. The molecule has 1 heterocycles. The van der Waals surface area contributed by atoms with Crippen molar-refractivity contribution in [3.8, 4) is 0 Å². The summed E-state index contributed by atoms with van der Waals surface area (Å²) >= 11 is 0. The van der Waals surface area contributed by atoms with Gasteiger partial charge in [0, 0.05) is 32.0 Å². The minimum absolute atomic E-state index is 0.112. The van der Waals surface area contributed by atoms with Gasteiger partial charge < -0.3 is 10.0 Å². The molecule has 0 saturated carbocycles. The first kappa shape index (κ1) is 10.4. The van der Waals surface area contributed by atoms with Gasteiger partial charge in [0.2, 0.25) is 5.67 Å². The number of hydrogen-bond acceptors (Lipinski definition) is 2. The number of likely N-dealkylation sites (tertiary alicyclic amines) is 1. The molecule has 4 heteroatoms. The van der Waals surface area contributed by atoms with Crippen molar-refractivity contribution in [3.63, 3.8) is 0 Å². The molecule has 13 heavy (non-hydrogen) atoms. The Balaban J connectivity index is 2.51. The van der Waals surface area contributed by atoms with Crippen LogP contribution in [0.5, 0.6) is 0 Å². The van der Waals surface area contributed by atoms with Crippen molar-refractivity contribution in [2.75, 3.05) is 13.1 Å². The van der Waals surface area contributed by atoms with Gasteiger partial charge in [-0.2, -0.15) is 0 Å². The van der Waals surface area contributed by atoms with Crippen LogP contribution in [0.1, 0.15) is 26.7 Å². The monoisotopic (exact) mass is 189 g/mol. The quantitative estimate of drug-likeness (QED) is 0.711. The lowest BCUT2D eigenvalue weighted by Crippen LogP contribution is -2.48. The number of nitrogens with zero attached hydrogens (tertiary/aromatic N) is 1. The highest BCUT2D eigenvalue weighted by Gasteiger charge is 2.41. The molecule has 0 bridgehead atoms. The van der Waals surface area contributed by atoms with E-state index in [-0.39, 0.29) is 12.8 Å². The zero-order valence-corrected chi connectivity index (χ0v) is 8.09. The highest BCUT2D eigenvalue weighted by Crippen LogP contribution is 2.27. The first-order chi connectivity index (χ1) is 5.96. The van der Waals surface area contributed by atoms with Gasteiger partial charge in [0.15, 0.2) is 0 Å². The third-order valence-electron chi connectivity index (χ3n) is 2.70. The zero-order chi connectivity index (χ0) is 10.1. The van der Waals surface area contributed by atoms with Crippen molar-refractivity contribution >= 4 is 5.97 Å². The summed E-state index contributed by atoms with van der Waals surface area (Å²) in [5.41, 5.74) is -1.98. The van der Waals surface area contributed by atoms with E-state index in [0.717, 1.165) is 0 Å². The van der Waals surface area contributed by atoms with Crippen LogP contribution in [0.4, 0.5) is 4.39 Å². The van der Waals surface area contributed by atoms with Gasteiger partial charge >= 0.3 is 5.97 Å². The first-order valence-electron chi connectivity index (χ1n) is 4.62. The number of carbonyl (C=O) groups is 1. The van der Waals surface area contributed by atoms with Crippen LogP contribution in [0, 0.1) is 0 Å². The molecule has 1 saturated heterocycles. The summed E-state index contributed by atoms with van der Waals surface area (Å²) in [5, 5.41) is 8.63. The number of carboxylic acid groups (broad SMARTS) is 1. The van der Waals surface area contributed by atoms with E-state index in [2.05, 4.69) is 4.90 Å². The maximum absolute atomic E-state index is 13.5. The van der Waals surface area contributed by atoms with E-state index >= 15 is 0 Å². The van der Waals surface area contributed by atoms with Crippen molar-refractivity contribution in [3.05, 3.63) is 0 Å². The van der Waals surface area contributed by atoms with Gasteiger partial charge in [-0.05, 0) is 13.8 Å². The van der Waals surface area contributed by atoms with E-state index in [4.69, 9.17) is 5.11 Å². The predicted molar refractivity (Wildman–Crippen MR) is 47.4 cm³/mol. The van der Waals surface area contributed by atoms with Gasteiger partial charge in [-0.25, -0.2) is 9.18 Å². The van der Waals surface area contributed by atoms with Crippen LogP contribution in [0.25, 0.3) is 0 Å². The van der Waals surface area contributed by atoms with Gasteiger partial charge in [-0.3, -0.25) is 0 Å². The summed E-state index contributed by atoms with van der Waals surface area (Å²) in [7, 11) is 0. The van der Waals surface area contributed by atoms with Gasteiger partial charge in [-0.15, -0.1) is 0 Å². The molecule has 0 aliphatic carbocycles. The maximum Gasteiger partial charge on any atom is 0.341 e. The van der Waals surface area contributed by atoms with Crippen LogP contribution in [-0.4, -0.2) is 40.8 Å². The Morgan fingerprint density at radius 1 is 1.46 bits per heavy atom. The highest BCUT2D eigenvalue weighted by molar-refractivity contribution is 5.77. The summed E-state index contributed by atoms with van der Waals surface area (Å²) < 4.78 is 13.5. The number of aliphatic carboxylic acids is 1. The van der Waals surface area contributed by atoms with Crippen molar-refractivity contribution in [1.29, 1.82) is 0 Å². The second kappa shape index (κ2) is 3.62. The van der Waals surface area contributed by atoms with Gasteiger partial charge in [0.1, 0.15) is 0 Å². The number of carboxylic acids is 1. The van der Waals surface area contributed by atoms with Crippen LogP contribution in [-0.2, 0) is 4.79 Å². The van der Waals surface area contributed by atoms with Crippen molar-refractivity contribution < 1.29 is 14.3 Å². The predicted octanol–water partition coefficient (Wildman–Crippen LogP) is 1.28. The molecular formula is C9H16FNO2. The normalized spacial score (nSPS) is 23.4. The molecule has 0 aromatic heterocycles. The Kier molecular flexibility index (Phi) is 2.91. The average Bonchev–Trinajstić information content (AvgIpc) is 2.04. The Labute approximate surface area is 77.5 Å². The second-order valence-corrected chi connectivity index (χ2v) is 3.90. The molecule has 1 aliphatic rings. The molecule has 1 rings (SSSR count). The van der Waals surface area contributed by atoms with Crippen LogP contribution >= 0.6 is 0 Å². The molecule has 1 aliphatic heterocycles. The van der Waals surface area contributed by atoms with Gasteiger partial charge in [0.25, 0.3) is 0 Å². The molecule has 1 N–H and O–H groups in total. The topological polar surface area (TPSA) is 40.5 Å². The maximum atomic E-state index is 13.5. The standard InChI is InChI=1S/C9H16FNO2/c1-7(2)11-5-3-9(10,4-6-11)8(12)13/h7H,3-6H2,1-2H3,(H,12,13). The molecule has 3 nitrogen and oxygen atoms in total. The Bertz CT molecular complexity index is 198. The average molecular weight is 189 g/mol. The Morgan fingerprint density at radius 3 is 2.23 bits per heavy atom. The third-order valence-corrected chi connectivity index (χ3v) is 2.70. The van der Waals surface area contributed by atoms with Gasteiger partial charge in [-0.1, -0.05) is 0 Å². The molecule has 0 atom stereocenters. The van der Waals surface area contributed by atoms with E-state index < -0.39 is 11.6 Å². The number of halogens is 1. The molecule has 1 fully saturated rings. The van der Waals surface area contributed by atoms with Crippen LogP contribution in [0.15, 0.2) is 0 Å². The van der Waals surface area contributed by atoms with Crippen LogP contribution in [0.3, 0.4) is 0 Å². The summed E-state index contributed by atoms with van der Waals surface area (Å²) in [5.74, 6) is -1.31. The molecular weight excluding hydrogens is 173 g/mol. The summed E-state index contributed by atoms with van der Waals surface area (Å²) in [4.78, 5) is 12.7. The number of rotatable bonds is 2. The smallest absolute Gasteiger partial charge is 0.341 e. The van der Waals surface area contributed by atoms with Crippen molar-refractivity contribution in [1.82, 2.24) is 4.90 Å². The van der Waals surface area contributed by atoms with E-state index in [9.17, 15) is 9.18 Å². The SMILES string of the molecule is CC(C)N1CCC(F)(C(=O)O)CC1. The Morgan fingerprint density at radius 2 is 1.92 bits per heavy atom. The lowest BCUT2D eigenvalue weighted by Gasteiger charge is -2.35. The fraction of sp³-hybridized carbons (Fsp3) is 0.889. The third kappa shape index (κ3) is 2.18.